The topological polar surface area (TPSA) is 81.9 Å². The molecule has 1 aromatic heterocycles. The highest BCUT2D eigenvalue weighted by Crippen LogP contribution is 2.31. The van der Waals surface area contributed by atoms with E-state index in [0.717, 1.165) is 69.1 Å². The van der Waals surface area contributed by atoms with Crippen molar-refractivity contribution in [3.63, 3.8) is 0 Å². The van der Waals surface area contributed by atoms with Gasteiger partial charge in [0.1, 0.15) is 5.69 Å². The third-order valence-electron chi connectivity index (χ3n) is 7.48. The Morgan fingerprint density at radius 3 is 2.29 bits per heavy atom. The lowest BCUT2D eigenvalue weighted by Gasteiger charge is -2.34. The number of nitriles is 1. The number of amides is 1. The molecule has 1 aliphatic heterocycles. The minimum Gasteiger partial charge on any atom is -0.355 e. The summed E-state index contributed by atoms with van der Waals surface area (Å²) in [5.41, 5.74) is 3.38. The predicted octanol–water partition coefficient (Wildman–Crippen LogP) is 5.14. The molecule has 6 nitrogen and oxygen atoms in total. The van der Waals surface area contributed by atoms with Crippen LogP contribution in [0.5, 0.6) is 0 Å². The second kappa shape index (κ2) is 10.9. The van der Waals surface area contributed by atoms with Crippen LogP contribution in [0.4, 0.5) is 5.82 Å². The van der Waals surface area contributed by atoms with E-state index in [0.29, 0.717) is 17.4 Å². The molecule has 1 saturated carbocycles. The molecule has 0 spiro atoms. The summed E-state index contributed by atoms with van der Waals surface area (Å²) in [6.45, 7) is 1.69. The Hall–Kier alpha value is -3.46. The summed E-state index contributed by atoms with van der Waals surface area (Å²) in [4.78, 5) is 25.3. The van der Waals surface area contributed by atoms with E-state index in [-0.39, 0.29) is 11.9 Å². The van der Waals surface area contributed by atoms with Crippen molar-refractivity contribution in [1.29, 1.82) is 5.26 Å². The van der Waals surface area contributed by atoms with Crippen LogP contribution < -0.4 is 10.2 Å². The van der Waals surface area contributed by atoms with E-state index in [4.69, 9.17) is 9.97 Å². The van der Waals surface area contributed by atoms with Gasteiger partial charge in [-0.15, -0.1) is 0 Å². The Balaban J connectivity index is 1.38. The Morgan fingerprint density at radius 2 is 1.60 bits per heavy atom. The maximum atomic E-state index is 13.2. The largest absolute Gasteiger partial charge is 0.355 e. The van der Waals surface area contributed by atoms with Crippen molar-refractivity contribution >= 4 is 22.8 Å². The van der Waals surface area contributed by atoms with Gasteiger partial charge in [0.2, 0.25) is 5.91 Å². The molecule has 5 rings (SSSR count). The second-order valence-corrected chi connectivity index (χ2v) is 9.95. The SMILES string of the molecule is N#CC(C(=O)NC1CCCCC1)c1nc2ccccc2nc1N1CCC(Cc2ccccc2)CC1. The highest BCUT2D eigenvalue weighted by Gasteiger charge is 2.31. The molecule has 1 atom stereocenters. The summed E-state index contributed by atoms with van der Waals surface area (Å²) in [5.74, 6) is 0.0920. The molecule has 2 aliphatic rings. The number of rotatable bonds is 6. The molecular weight excluding hydrogens is 434 g/mol. The van der Waals surface area contributed by atoms with Gasteiger partial charge in [0.15, 0.2) is 11.7 Å². The second-order valence-electron chi connectivity index (χ2n) is 9.95. The van der Waals surface area contributed by atoms with E-state index in [9.17, 15) is 10.1 Å². The monoisotopic (exact) mass is 467 g/mol. The van der Waals surface area contributed by atoms with Gasteiger partial charge in [-0.1, -0.05) is 61.7 Å². The molecule has 35 heavy (non-hydrogen) atoms. The quantitative estimate of drug-likeness (QED) is 0.542. The zero-order chi connectivity index (χ0) is 24.0. The first-order chi connectivity index (χ1) is 17.2. The minimum absolute atomic E-state index is 0.151. The summed E-state index contributed by atoms with van der Waals surface area (Å²) in [7, 11) is 0. The first kappa shape index (κ1) is 23.3. The molecule has 1 aliphatic carbocycles. The average Bonchev–Trinajstić information content (AvgIpc) is 2.90. The highest BCUT2D eigenvalue weighted by atomic mass is 16.2. The van der Waals surface area contributed by atoms with Crippen LogP contribution in [0.1, 0.15) is 62.1 Å². The zero-order valence-electron chi connectivity index (χ0n) is 20.2. The zero-order valence-corrected chi connectivity index (χ0v) is 20.2. The first-order valence-electron chi connectivity index (χ1n) is 13.0. The van der Waals surface area contributed by atoms with Crippen molar-refractivity contribution in [2.45, 2.75) is 63.3 Å². The molecule has 3 aromatic rings. The van der Waals surface area contributed by atoms with Crippen LogP contribution in [0.3, 0.4) is 0 Å². The number of nitrogens with one attached hydrogen (secondary N) is 1. The number of anilines is 1. The normalized spacial score (nSPS) is 18.2. The van der Waals surface area contributed by atoms with Crippen molar-refractivity contribution in [2.24, 2.45) is 5.92 Å². The number of nitrogens with zero attached hydrogens (tertiary/aromatic N) is 4. The number of fused-ring (bicyclic) bond motifs is 1. The van der Waals surface area contributed by atoms with Gasteiger partial charge in [0.05, 0.1) is 17.1 Å². The number of hydrogen-bond acceptors (Lipinski definition) is 5. The lowest BCUT2D eigenvalue weighted by molar-refractivity contribution is -0.122. The Morgan fingerprint density at radius 1 is 0.943 bits per heavy atom. The van der Waals surface area contributed by atoms with Gasteiger partial charge in [-0.2, -0.15) is 5.26 Å². The number of aromatic nitrogens is 2. The maximum Gasteiger partial charge on any atom is 0.243 e. The van der Waals surface area contributed by atoms with Crippen molar-refractivity contribution in [2.75, 3.05) is 18.0 Å². The van der Waals surface area contributed by atoms with E-state index in [1.165, 1.54) is 12.0 Å². The fourth-order valence-corrected chi connectivity index (χ4v) is 5.50. The summed E-state index contributed by atoms with van der Waals surface area (Å²) in [6.07, 6.45) is 8.61. The highest BCUT2D eigenvalue weighted by molar-refractivity contribution is 5.89. The van der Waals surface area contributed by atoms with Crippen LogP contribution in [0.15, 0.2) is 54.6 Å². The number of benzene rings is 2. The molecule has 2 fully saturated rings. The van der Waals surface area contributed by atoms with Gasteiger partial charge in [-0.3, -0.25) is 4.79 Å². The third kappa shape index (κ3) is 5.45. The molecule has 1 N–H and O–H groups in total. The van der Waals surface area contributed by atoms with E-state index in [2.05, 4.69) is 46.6 Å². The molecule has 180 valence electrons. The van der Waals surface area contributed by atoms with E-state index < -0.39 is 5.92 Å². The van der Waals surface area contributed by atoms with Gasteiger partial charge in [0, 0.05) is 19.1 Å². The van der Waals surface area contributed by atoms with E-state index in [1.807, 2.05) is 24.3 Å². The lowest BCUT2D eigenvalue weighted by atomic mass is 9.90. The minimum atomic E-state index is -0.967. The summed E-state index contributed by atoms with van der Waals surface area (Å²) in [6, 6.07) is 20.8. The van der Waals surface area contributed by atoms with Crippen molar-refractivity contribution in [3.8, 4) is 6.07 Å². The number of hydrogen-bond donors (Lipinski definition) is 1. The van der Waals surface area contributed by atoms with Crippen molar-refractivity contribution in [3.05, 3.63) is 65.9 Å². The number of para-hydroxylation sites is 2. The van der Waals surface area contributed by atoms with Gasteiger partial charge in [-0.05, 0) is 55.7 Å². The third-order valence-corrected chi connectivity index (χ3v) is 7.48. The van der Waals surface area contributed by atoms with Crippen LogP contribution in [0.25, 0.3) is 11.0 Å². The summed E-state index contributed by atoms with van der Waals surface area (Å²) < 4.78 is 0. The lowest BCUT2D eigenvalue weighted by Crippen LogP contribution is -2.40. The van der Waals surface area contributed by atoms with Gasteiger partial charge in [-0.25, -0.2) is 9.97 Å². The molecular formula is C29H33N5O. The summed E-state index contributed by atoms with van der Waals surface area (Å²) in [5, 5.41) is 13.2. The molecule has 1 saturated heterocycles. The summed E-state index contributed by atoms with van der Waals surface area (Å²) >= 11 is 0. The molecule has 2 heterocycles. The van der Waals surface area contributed by atoms with Crippen LogP contribution in [-0.4, -0.2) is 35.0 Å². The maximum absolute atomic E-state index is 13.2. The average molecular weight is 468 g/mol. The van der Waals surface area contributed by atoms with E-state index >= 15 is 0 Å². The molecule has 2 aromatic carbocycles. The number of piperidine rings is 1. The fraction of sp³-hybridized carbons (Fsp3) is 0.448. The van der Waals surface area contributed by atoms with Crippen molar-refractivity contribution < 1.29 is 4.79 Å². The molecule has 1 amide bonds. The predicted molar refractivity (Wildman–Crippen MR) is 138 cm³/mol. The Kier molecular flexibility index (Phi) is 7.23. The number of carbonyl (C=O) groups is 1. The van der Waals surface area contributed by atoms with Crippen LogP contribution in [0, 0.1) is 17.2 Å². The molecule has 0 radical (unpaired) electrons. The molecule has 1 unspecified atom stereocenters. The van der Waals surface area contributed by atoms with Gasteiger partial charge < -0.3 is 10.2 Å². The van der Waals surface area contributed by atoms with Crippen LogP contribution in [-0.2, 0) is 11.2 Å². The standard InChI is InChI=1S/C29H33N5O/c30-20-24(29(35)31-23-11-5-2-6-12-23)27-28(33-26-14-8-7-13-25(26)32-27)34-17-15-22(16-18-34)19-21-9-3-1-4-10-21/h1,3-4,7-10,13-14,22-24H,2,5-6,11-12,15-19H2,(H,31,35). The van der Waals surface area contributed by atoms with Crippen molar-refractivity contribution in [1.82, 2.24) is 15.3 Å². The molecule has 6 heteroatoms. The Labute approximate surface area is 207 Å². The van der Waals surface area contributed by atoms with Gasteiger partial charge in [0.25, 0.3) is 0 Å². The van der Waals surface area contributed by atoms with E-state index in [1.54, 1.807) is 0 Å². The van der Waals surface area contributed by atoms with Crippen LogP contribution in [0.2, 0.25) is 0 Å². The van der Waals surface area contributed by atoms with Gasteiger partial charge >= 0.3 is 0 Å². The number of carbonyl (C=O) groups excluding carboxylic acids is 1. The van der Waals surface area contributed by atoms with Crippen LogP contribution >= 0.6 is 0 Å². The molecule has 0 bridgehead atoms. The smallest absolute Gasteiger partial charge is 0.243 e. The first-order valence-corrected chi connectivity index (χ1v) is 13.0. The fourth-order valence-electron chi connectivity index (χ4n) is 5.50. The Bertz CT molecular complexity index is 1190.